The highest BCUT2D eigenvalue weighted by molar-refractivity contribution is 7.98. The van der Waals surface area contributed by atoms with Gasteiger partial charge in [0.25, 0.3) is 0 Å². The number of aromatic nitrogens is 4. The predicted octanol–water partition coefficient (Wildman–Crippen LogP) is 2.42. The quantitative estimate of drug-likeness (QED) is 0.611. The summed E-state index contributed by atoms with van der Waals surface area (Å²) >= 11 is 4.83. The van der Waals surface area contributed by atoms with Crippen LogP contribution in [0.5, 0.6) is 0 Å². The van der Waals surface area contributed by atoms with E-state index in [4.69, 9.17) is 0 Å². The lowest BCUT2D eigenvalue weighted by Crippen LogP contribution is -1.83. The van der Waals surface area contributed by atoms with Crippen molar-refractivity contribution in [2.45, 2.75) is 5.03 Å². The van der Waals surface area contributed by atoms with Crippen LogP contribution in [0.25, 0.3) is 19.6 Å². The topological polar surface area (TPSA) is 51.6 Å². The minimum atomic E-state index is 0.929. The van der Waals surface area contributed by atoms with Gasteiger partial charge in [0, 0.05) is 0 Å². The third-order valence-electron chi connectivity index (χ3n) is 1.87. The zero-order valence-electron chi connectivity index (χ0n) is 7.09. The summed E-state index contributed by atoms with van der Waals surface area (Å²) in [6.45, 7) is 0. The van der Waals surface area contributed by atoms with Gasteiger partial charge in [-0.25, -0.2) is 0 Å². The molecule has 0 atom stereocenters. The minimum absolute atomic E-state index is 0.929. The van der Waals surface area contributed by atoms with Gasteiger partial charge in [-0.05, 0) is 23.0 Å². The van der Waals surface area contributed by atoms with Crippen LogP contribution in [0.3, 0.4) is 0 Å². The van der Waals surface area contributed by atoms with Crippen LogP contribution in [0.2, 0.25) is 0 Å². The SMILES string of the molecule is CSc1nsc2sc3cnnnc3c12. The molecule has 0 aliphatic heterocycles. The molecule has 0 radical (unpaired) electrons. The van der Waals surface area contributed by atoms with E-state index in [9.17, 15) is 0 Å². The van der Waals surface area contributed by atoms with Gasteiger partial charge in [0.1, 0.15) is 14.6 Å². The van der Waals surface area contributed by atoms with Crippen LogP contribution < -0.4 is 0 Å². The zero-order chi connectivity index (χ0) is 9.54. The van der Waals surface area contributed by atoms with E-state index in [1.807, 2.05) is 6.26 Å². The van der Waals surface area contributed by atoms with Crippen molar-refractivity contribution in [3.63, 3.8) is 0 Å². The largest absolute Gasteiger partial charge is 0.184 e. The third-order valence-corrected chi connectivity index (χ3v) is 4.69. The summed E-state index contributed by atoms with van der Waals surface area (Å²) in [7, 11) is 0. The average molecular weight is 240 g/mol. The molecule has 3 rings (SSSR count). The summed E-state index contributed by atoms with van der Waals surface area (Å²) in [4.78, 5) is 0. The molecule has 0 fully saturated rings. The molecular formula is C7H4N4S3. The molecular weight excluding hydrogens is 236 g/mol. The monoisotopic (exact) mass is 240 g/mol. The van der Waals surface area contributed by atoms with Crippen molar-refractivity contribution in [1.82, 2.24) is 19.8 Å². The molecule has 0 bridgehead atoms. The van der Waals surface area contributed by atoms with E-state index < -0.39 is 0 Å². The van der Waals surface area contributed by atoms with Crippen molar-refractivity contribution >= 4 is 54.2 Å². The molecule has 0 aromatic carbocycles. The first kappa shape index (κ1) is 8.51. The Labute approximate surface area is 91.5 Å². The van der Waals surface area contributed by atoms with Gasteiger partial charge in [-0.15, -0.1) is 33.3 Å². The number of nitrogens with zero attached hydrogens (tertiary/aromatic N) is 4. The fourth-order valence-electron chi connectivity index (χ4n) is 1.28. The van der Waals surface area contributed by atoms with Gasteiger partial charge in [0.15, 0.2) is 0 Å². The molecule has 14 heavy (non-hydrogen) atoms. The highest BCUT2D eigenvalue weighted by atomic mass is 32.2. The molecule has 0 N–H and O–H groups in total. The maximum Gasteiger partial charge on any atom is 0.121 e. The van der Waals surface area contributed by atoms with Crippen LogP contribution in [-0.4, -0.2) is 26.0 Å². The maximum atomic E-state index is 4.35. The first-order valence-corrected chi connectivity index (χ1v) is 6.62. The van der Waals surface area contributed by atoms with Crippen molar-refractivity contribution < 1.29 is 0 Å². The van der Waals surface area contributed by atoms with Crippen molar-refractivity contribution in [2.24, 2.45) is 0 Å². The van der Waals surface area contributed by atoms with Crippen LogP contribution in [0.1, 0.15) is 0 Å². The van der Waals surface area contributed by atoms with Crippen LogP contribution in [-0.2, 0) is 0 Å². The van der Waals surface area contributed by atoms with Gasteiger partial charge in [0.05, 0.1) is 16.3 Å². The number of hydrogen-bond donors (Lipinski definition) is 0. The normalized spacial score (nSPS) is 11.5. The van der Waals surface area contributed by atoms with Crippen LogP contribution >= 0.6 is 34.6 Å². The molecule has 7 heteroatoms. The van der Waals surface area contributed by atoms with Gasteiger partial charge in [-0.2, -0.15) is 4.37 Å². The molecule has 0 saturated carbocycles. The van der Waals surface area contributed by atoms with Gasteiger partial charge < -0.3 is 0 Å². The molecule has 0 unspecified atom stereocenters. The number of fused-ring (bicyclic) bond motifs is 3. The van der Waals surface area contributed by atoms with Crippen molar-refractivity contribution in [3.05, 3.63) is 6.20 Å². The number of hydrogen-bond acceptors (Lipinski definition) is 7. The molecule has 4 nitrogen and oxygen atoms in total. The Bertz CT molecular complexity index is 599. The zero-order valence-corrected chi connectivity index (χ0v) is 9.54. The second kappa shape index (κ2) is 3.11. The summed E-state index contributed by atoms with van der Waals surface area (Å²) in [6.07, 6.45) is 3.77. The van der Waals surface area contributed by atoms with Crippen molar-refractivity contribution in [3.8, 4) is 0 Å². The highest BCUT2D eigenvalue weighted by Crippen LogP contribution is 2.39. The second-order valence-corrected chi connectivity index (χ2v) is 5.48. The number of thioether (sulfide) groups is 1. The van der Waals surface area contributed by atoms with E-state index in [0.717, 1.165) is 20.6 Å². The van der Waals surface area contributed by atoms with Gasteiger partial charge in [0.2, 0.25) is 0 Å². The van der Waals surface area contributed by atoms with Crippen LogP contribution in [0, 0.1) is 0 Å². The van der Waals surface area contributed by atoms with Crippen molar-refractivity contribution in [2.75, 3.05) is 6.26 Å². The highest BCUT2D eigenvalue weighted by Gasteiger charge is 2.13. The predicted molar refractivity (Wildman–Crippen MR) is 60.2 cm³/mol. The second-order valence-electron chi connectivity index (χ2n) is 2.60. The fourth-order valence-corrected chi connectivity index (χ4v) is 4.12. The smallest absolute Gasteiger partial charge is 0.121 e. The summed E-state index contributed by atoms with van der Waals surface area (Å²) in [6, 6.07) is 0. The Morgan fingerprint density at radius 2 is 2.36 bits per heavy atom. The lowest BCUT2D eigenvalue weighted by molar-refractivity contribution is 0.899. The van der Waals surface area contributed by atoms with E-state index in [2.05, 4.69) is 19.8 Å². The Balaban J connectivity index is 2.54. The first-order valence-electron chi connectivity index (χ1n) is 3.80. The van der Waals surface area contributed by atoms with Crippen molar-refractivity contribution in [1.29, 1.82) is 0 Å². The summed E-state index contributed by atoms with van der Waals surface area (Å²) in [5.41, 5.74) is 0.929. The lowest BCUT2D eigenvalue weighted by atomic mass is 10.4. The van der Waals surface area contributed by atoms with Gasteiger partial charge in [-0.3, -0.25) is 0 Å². The van der Waals surface area contributed by atoms with Gasteiger partial charge in [-0.1, -0.05) is 0 Å². The molecule has 0 amide bonds. The van der Waals surface area contributed by atoms with E-state index in [0.29, 0.717) is 0 Å². The summed E-state index contributed by atoms with van der Waals surface area (Å²) in [5, 5.41) is 13.7. The van der Waals surface area contributed by atoms with E-state index in [1.165, 1.54) is 15.5 Å². The molecule has 3 aromatic rings. The Morgan fingerprint density at radius 3 is 3.21 bits per heavy atom. The summed E-state index contributed by atoms with van der Waals surface area (Å²) in [5.74, 6) is 0. The minimum Gasteiger partial charge on any atom is -0.184 e. The maximum absolute atomic E-state index is 4.35. The Hall–Kier alpha value is -0.790. The van der Waals surface area contributed by atoms with Crippen LogP contribution in [0.15, 0.2) is 11.2 Å². The first-order chi connectivity index (χ1) is 6.90. The Kier molecular flexibility index (Phi) is 1.89. The molecule has 0 spiro atoms. The molecule has 0 saturated heterocycles. The fraction of sp³-hybridized carbons (Fsp3) is 0.143. The molecule has 3 heterocycles. The summed E-state index contributed by atoms with van der Waals surface area (Å²) < 4.78 is 6.63. The van der Waals surface area contributed by atoms with E-state index in [1.54, 1.807) is 29.3 Å². The molecule has 70 valence electrons. The van der Waals surface area contributed by atoms with E-state index >= 15 is 0 Å². The molecule has 0 aliphatic carbocycles. The van der Waals surface area contributed by atoms with E-state index in [-0.39, 0.29) is 0 Å². The standard InChI is InChI=1S/C7H4N4S3/c1-12-6-4-5-3(2-8-11-9-5)13-7(4)14-10-6/h2H,1H3. The Morgan fingerprint density at radius 1 is 1.43 bits per heavy atom. The lowest BCUT2D eigenvalue weighted by Gasteiger charge is -1.87. The number of thiophene rings is 1. The number of rotatable bonds is 1. The van der Waals surface area contributed by atoms with Crippen LogP contribution in [0.4, 0.5) is 0 Å². The molecule has 3 aromatic heterocycles. The third kappa shape index (κ3) is 1.06. The average Bonchev–Trinajstić information content (AvgIpc) is 2.75. The van der Waals surface area contributed by atoms with Gasteiger partial charge >= 0.3 is 0 Å². The molecule has 0 aliphatic rings.